The zero-order valence-electron chi connectivity index (χ0n) is 16.5. The quantitative estimate of drug-likeness (QED) is 0.679. The Morgan fingerprint density at radius 1 is 1.00 bits per heavy atom. The first-order chi connectivity index (χ1) is 14.5. The first-order valence-corrected chi connectivity index (χ1v) is 10.4. The van der Waals surface area contributed by atoms with Crippen molar-refractivity contribution in [2.24, 2.45) is 0 Å². The number of halogens is 1. The zero-order valence-corrected chi connectivity index (χ0v) is 17.3. The van der Waals surface area contributed by atoms with Crippen molar-refractivity contribution >= 4 is 34.1 Å². The highest BCUT2D eigenvalue weighted by atomic mass is 35.5. The second kappa shape index (κ2) is 8.75. The summed E-state index contributed by atoms with van der Waals surface area (Å²) in [5, 5.41) is 1.17. The summed E-state index contributed by atoms with van der Waals surface area (Å²) in [6.07, 6.45) is 0.741. The third kappa shape index (κ3) is 4.26. The van der Waals surface area contributed by atoms with Crippen molar-refractivity contribution in [2.45, 2.75) is 19.4 Å². The second-order valence-corrected chi connectivity index (χ2v) is 7.82. The largest absolute Gasteiger partial charge is 0.368 e. The van der Waals surface area contributed by atoms with Crippen LogP contribution < -0.4 is 16.1 Å². The number of aromatic amines is 1. The Hall–Kier alpha value is -3.06. The molecule has 1 aliphatic rings. The Balaban J connectivity index is 1.32. The van der Waals surface area contributed by atoms with Crippen LogP contribution in [0.3, 0.4) is 0 Å². The number of anilines is 1. The third-order valence-electron chi connectivity index (χ3n) is 5.47. The molecule has 7 nitrogen and oxygen atoms in total. The molecule has 0 radical (unpaired) electrons. The molecule has 0 saturated carbocycles. The molecule has 1 aromatic heterocycles. The lowest BCUT2D eigenvalue weighted by molar-refractivity contribution is -0.131. The lowest BCUT2D eigenvalue weighted by atomic mass is 10.2. The Bertz CT molecular complexity index is 1180. The smallest absolute Gasteiger partial charge is 0.328 e. The van der Waals surface area contributed by atoms with E-state index in [1.807, 2.05) is 29.2 Å². The van der Waals surface area contributed by atoms with Gasteiger partial charge in [0.15, 0.2) is 0 Å². The van der Waals surface area contributed by atoms with Crippen LogP contribution in [0.2, 0.25) is 5.02 Å². The van der Waals surface area contributed by atoms with Gasteiger partial charge in [0.05, 0.1) is 10.9 Å². The summed E-state index contributed by atoms with van der Waals surface area (Å²) in [6, 6.07) is 14.6. The number of hydrogen-bond acceptors (Lipinski definition) is 4. The van der Waals surface area contributed by atoms with E-state index in [0.717, 1.165) is 18.8 Å². The van der Waals surface area contributed by atoms with Crippen molar-refractivity contribution < 1.29 is 4.79 Å². The van der Waals surface area contributed by atoms with E-state index in [0.29, 0.717) is 41.9 Å². The van der Waals surface area contributed by atoms with Gasteiger partial charge in [-0.1, -0.05) is 29.8 Å². The molecule has 3 aromatic rings. The fourth-order valence-corrected chi connectivity index (χ4v) is 4.02. The predicted octanol–water partition coefficient (Wildman–Crippen LogP) is 2.47. The molecule has 2 aromatic carbocycles. The summed E-state index contributed by atoms with van der Waals surface area (Å²) in [5.74, 6) is 0.0472. The van der Waals surface area contributed by atoms with Gasteiger partial charge in [0, 0.05) is 49.9 Å². The number of para-hydroxylation sites is 1. The molecule has 1 N–H and O–H groups in total. The maximum atomic E-state index is 12.6. The summed E-state index contributed by atoms with van der Waals surface area (Å²) < 4.78 is 1.17. The van der Waals surface area contributed by atoms with Gasteiger partial charge in [0.2, 0.25) is 5.91 Å². The van der Waals surface area contributed by atoms with Crippen LogP contribution in [0.15, 0.2) is 58.1 Å². The molecule has 2 heterocycles. The summed E-state index contributed by atoms with van der Waals surface area (Å²) in [4.78, 5) is 44.1. The number of fused-ring (bicyclic) bond motifs is 1. The minimum atomic E-state index is -0.443. The van der Waals surface area contributed by atoms with Gasteiger partial charge in [-0.15, -0.1) is 0 Å². The van der Waals surface area contributed by atoms with Crippen LogP contribution in [0.5, 0.6) is 0 Å². The predicted molar refractivity (Wildman–Crippen MR) is 118 cm³/mol. The first kappa shape index (κ1) is 20.2. The number of rotatable bonds is 5. The second-order valence-electron chi connectivity index (χ2n) is 7.38. The molecule has 4 rings (SSSR count). The lowest BCUT2D eigenvalue weighted by Gasteiger charge is -2.36. The maximum absolute atomic E-state index is 12.6. The monoisotopic (exact) mass is 426 g/mol. The number of nitrogens with one attached hydrogen (secondary N) is 1. The normalized spacial score (nSPS) is 14.3. The molecule has 30 heavy (non-hydrogen) atoms. The lowest BCUT2D eigenvalue weighted by Crippen LogP contribution is -2.48. The fourth-order valence-electron chi connectivity index (χ4n) is 3.84. The average Bonchev–Trinajstić information content (AvgIpc) is 2.76. The summed E-state index contributed by atoms with van der Waals surface area (Å²) in [7, 11) is 0. The van der Waals surface area contributed by atoms with Gasteiger partial charge in [-0.2, -0.15) is 0 Å². The highest BCUT2D eigenvalue weighted by Crippen LogP contribution is 2.21. The number of hydrogen-bond donors (Lipinski definition) is 1. The number of benzene rings is 2. The molecular formula is C22H23ClN4O3. The summed E-state index contributed by atoms with van der Waals surface area (Å²) in [6.45, 7) is 2.99. The number of nitrogens with zero attached hydrogens (tertiary/aromatic N) is 3. The van der Waals surface area contributed by atoms with Crippen molar-refractivity contribution in [2.75, 3.05) is 31.1 Å². The molecule has 0 aliphatic carbocycles. The van der Waals surface area contributed by atoms with Crippen molar-refractivity contribution in [3.63, 3.8) is 0 Å². The molecule has 1 aliphatic heterocycles. The van der Waals surface area contributed by atoms with Crippen LogP contribution in [0.4, 0.5) is 5.69 Å². The highest BCUT2D eigenvalue weighted by molar-refractivity contribution is 6.30. The van der Waals surface area contributed by atoms with E-state index in [-0.39, 0.29) is 18.0 Å². The van der Waals surface area contributed by atoms with Crippen LogP contribution in [0.25, 0.3) is 10.9 Å². The number of carbonyl (C=O) groups is 1. The van der Waals surface area contributed by atoms with Crippen molar-refractivity contribution in [1.29, 1.82) is 0 Å². The minimum Gasteiger partial charge on any atom is -0.368 e. The summed E-state index contributed by atoms with van der Waals surface area (Å²) in [5.41, 5.74) is 0.820. The summed E-state index contributed by atoms with van der Waals surface area (Å²) >= 11 is 6.07. The van der Waals surface area contributed by atoms with Crippen molar-refractivity contribution in [3.8, 4) is 0 Å². The van der Waals surface area contributed by atoms with Crippen LogP contribution >= 0.6 is 11.6 Å². The maximum Gasteiger partial charge on any atom is 0.328 e. The molecule has 1 fully saturated rings. The number of carbonyl (C=O) groups excluding carboxylic acids is 1. The van der Waals surface area contributed by atoms with E-state index in [9.17, 15) is 14.4 Å². The van der Waals surface area contributed by atoms with E-state index in [1.54, 1.807) is 24.3 Å². The van der Waals surface area contributed by atoms with E-state index in [1.165, 1.54) is 4.57 Å². The van der Waals surface area contributed by atoms with E-state index >= 15 is 0 Å². The van der Waals surface area contributed by atoms with Gasteiger partial charge in [-0.05, 0) is 36.8 Å². The molecule has 0 atom stereocenters. The van der Waals surface area contributed by atoms with Gasteiger partial charge in [0.1, 0.15) is 0 Å². The van der Waals surface area contributed by atoms with E-state index in [2.05, 4.69) is 9.88 Å². The number of aromatic nitrogens is 2. The van der Waals surface area contributed by atoms with Gasteiger partial charge in [0.25, 0.3) is 5.56 Å². The Kier molecular flexibility index (Phi) is 5.90. The van der Waals surface area contributed by atoms with Crippen molar-refractivity contribution in [1.82, 2.24) is 14.5 Å². The van der Waals surface area contributed by atoms with Crippen LogP contribution in [0, 0.1) is 0 Å². The van der Waals surface area contributed by atoms with Crippen molar-refractivity contribution in [3.05, 3.63) is 74.4 Å². The van der Waals surface area contributed by atoms with E-state index in [4.69, 9.17) is 11.6 Å². The van der Waals surface area contributed by atoms with Crippen LogP contribution in [-0.4, -0.2) is 46.5 Å². The van der Waals surface area contributed by atoms with Gasteiger partial charge >= 0.3 is 5.69 Å². The Morgan fingerprint density at radius 2 is 1.77 bits per heavy atom. The molecule has 156 valence electrons. The number of piperazine rings is 1. The third-order valence-corrected chi connectivity index (χ3v) is 5.70. The average molecular weight is 427 g/mol. The van der Waals surface area contributed by atoms with Gasteiger partial charge in [-0.3, -0.25) is 14.2 Å². The molecule has 1 saturated heterocycles. The Labute approximate surface area is 178 Å². The zero-order chi connectivity index (χ0) is 21.1. The standard InChI is InChI=1S/C22H23ClN4O3/c23-16-5-3-6-17(15-16)25-11-13-26(14-12-25)20(28)9-4-10-27-21(29)18-7-1-2-8-19(18)24-22(27)30/h1-3,5-8,15H,4,9-14H2,(H,24,30). The topological polar surface area (TPSA) is 78.4 Å². The van der Waals surface area contributed by atoms with Crippen LogP contribution in [0.1, 0.15) is 12.8 Å². The Morgan fingerprint density at radius 3 is 2.53 bits per heavy atom. The number of amides is 1. The van der Waals surface area contributed by atoms with Gasteiger partial charge < -0.3 is 14.8 Å². The highest BCUT2D eigenvalue weighted by Gasteiger charge is 2.21. The fraction of sp³-hybridized carbons (Fsp3) is 0.318. The van der Waals surface area contributed by atoms with Crippen LogP contribution in [-0.2, 0) is 11.3 Å². The molecule has 8 heteroatoms. The van der Waals surface area contributed by atoms with Gasteiger partial charge in [-0.25, -0.2) is 4.79 Å². The molecule has 0 bridgehead atoms. The van der Waals surface area contributed by atoms with E-state index < -0.39 is 5.69 Å². The molecule has 0 unspecified atom stereocenters. The molecular weight excluding hydrogens is 404 g/mol. The first-order valence-electron chi connectivity index (χ1n) is 10.0. The molecule has 1 amide bonds. The SMILES string of the molecule is O=C(CCCn1c(=O)[nH]c2ccccc2c1=O)N1CCN(c2cccc(Cl)c2)CC1. The molecule has 0 spiro atoms. The number of H-pyrrole nitrogens is 1. The minimum absolute atomic E-state index is 0.0472.